The molecule has 3 unspecified atom stereocenters. The minimum Gasteiger partial charge on any atom is -0.380 e. The summed E-state index contributed by atoms with van der Waals surface area (Å²) < 4.78 is 32.1. The second-order valence-electron chi connectivity index (χ2n) is 5.70. The minimum absolute atomic E-state index is 0.0588. The van der Waals surface area contributed by atoms with Crippen LogP contribution >= 0.6 is 0 Å². The van der Waals surface area contributed by atoms with Crippen molar-refractivity contribution >= 4 is 5.78 Å². The summed E-state index contributed by atoms with van der Waals surface area (Å²) in [5, 5.41) is 0. The molecule has 0 aliphatic carbocycles. The van der Waals surface area contributed by atoms with E-state index in [4.69, 9.17) is 4.74 Å². The number of ketones is 1. The molecular weight excluding hydrogens is 276 g/mol. The normalized spacial score (nSPS) is 24.8. The van der Waals surface area contributed by atoms with Gasteiger partial charge in [-0.1, -0.05) is 6.92 Å². The Morgan fingerprint density at radius 2 is 2.14 bits per heavy atom. The first-order valence-electron chi connectivity index (χ1n) is 7.20. The van der Waals surface area contributed by atoms with E-state index < -0.39 is 17.7 Å². The van der Waals surface area contributed by atoms with Crippen LogP contribution in [0, 0.1) is 17.6 Å². The standard InChI is InChI=1S/C16H21F2NO2/c1-10-6-7-19(9-15(10)21-3)11(2)16(20)13-5-4-12(17)8-14(13)18/h4-5,8,10-11,15H,6-7,9H2,1-3H3. The quantitative estimate of drug-likeness (QED) is 0.800. The van der Waals surface area contributed by atoms with Crippen molar-refractivity contribution in [3.8, 4) is 0 Å². The fraction of sp³-hybridized carbons (Fsp3) is 0.562. The van der Waals surface area contributed by atoms with Gasteiger partial charge in [0.05, 0.1) is 17.7 Å². The number of hydrogen-bond donors (Lipinski definition) is 0. The molecule has 1 heterocycles. The highest BCUT2D eigenvalue weighted by atomic mass is 19.1. The number of carbonyl (C=O) groups is 1. The van der Waals surface area contributed by atoms with Crippen molar-refractivity contribution in [2.45, 2.75) is 32.4 Å². The van der Waals surface area contributed by atoms with Crippen molar-refractivity contribution in [2.75, 3.05) is 20.2 Å². The molecule has 1 aromatic carbocycles. The number of nitrogens with zero attached hydrogens (tertiary/aromatic N) is 1. The highest BCUT2D eigenvalue weighted by Gasteiger charge is 2.32. The Kier molecular flexibility index (Phi) is 5.06. The van der Waals surface area contributed by atoms with Crippen molar-refractivity contribution in [3.63, 3.8) is 0 Å². The fourth-order valence-corrected chi connectivity index (χ4v) is 2.80. The number of carbonyl (C=O) groups excluding carboxylic acids is 1. The molecule has 21 heavy (non-hydrogen) atoms. The predicted molar refractivity (Wildman–Crippen MR) is 76.3 cm³/mol. The number of likely N-dealkylation sites (tertiary alicyclic amines) is 1. The molecule has 1 aliphatic heterocycles. The molecule has 5 heteroatoms. The molecule has 0 spiro atoms. The van der Waals surface area contributed by atoms with Gasteiger partial charge < -0.3 is 4.74 Å². The summed E-state index contributed by atoms with van der Waals surface area (Å²) in [6.07, 6.45) is 1.01. The molecule has 3 nitrogen and oxygen atoms in total. The van der Waals surface area contributed by atoms with E-state index in [1.54, 1.807) is 14.0 Å². The molecule has 0 N–H and O–H groups in total. The van der Waals surface area contributed by atoms with Gasteiger partial charge in [0.15, 0.2) is 5.78 Å². The van der Waals surface area contributed by atoms with Gasteiger partial charge in [0.2, 0.25) is 0 Å². The summed E-state index contributed by atoms with van der Waals surface area (Å²) in [7, 11) is 1.66. The van der Waals surface area contributed by atoms with Crippen LogP contribution in [-0.2, 0) is 4.74 Å². The van der Waals surface area contributed by atoms with Gasteiger partial charge in [0.1, 0.15) is 11.6 Å². The number of benzene rings is 1. The van der Waals surface area contributed by atoms with Gasteiger partial charge in [-0.25, -0.2) is 8.78 Å². The molecule has 1 saturated heterocycles. The first kappa shape index (κ1) is 16.0. The SMILES string of the molecule is COC1CN(C(C)C(=O)c2ccc(F)cc2F)CCC1C. The number of hydrogen-bond acceptors (Lipinski definition) is 3. The lowest BCUT2D eigenvalue weighted by Crippen LogP contribution is -2.50. The van der Waals surface area contributed by atoms with E-state index >= 15 is 0 Å². The molecule has 0 saturated carbocycles. The van der Waals surface area contributed by atoms with Crippen molar-refractivity contribution in [3.05, 3.63) is 35.4 Å². The summed E-state index contributed by atoms with van der Waals surface area (Å²) in [4.78, 5) is 14.4. The second-order valence-corrected chi connectivity index (χ2v) is 5.70. The molecule has 2 rings (SSSR count). The Morgan fingerprint density at radius 3 is 2.76 bits per heavy atom. The van der Waals surface area contributed by atoms with Crippen LogP contribution in [-0.4, -0.2) is 43.0 Å². The van der Waals surface area contributed by atoms with Gasteiger partial charge in [-0.3, -0.25) is 9.69 Å². The number of Topliss-reactive ketones (excluding diaryl/α,β-unsaturated/α-hetero) is 1. The number of rotatable bonds is 4. The highest BCUT2D eigenvalue weighted by Crippen LogP contribution is 2.23. The number of halogens is 2. The zero-order valence-electron chi connectivity index (χ0n) is 12.6. The Balaban J connectivity index is 2.12. The molecular formula is C16H21F2NO2. The van der Waals surface area contributed by atoms with Crippen LogP contribution in [0.5, 0.6) is 0 Å². The van der Waals surface area contributed by atoms with Crippen molar-refractivity contribution < 1.29 is 18.3 Å². The summed E-state index contributed by atoms with van der Waals surface area (Å²) >= 11 is 0. The molecule has 1 aromatic rings. The summed E-state index contributed by atoms with van der Waals surface area (Å²) in [5.41, 5.74) is -0.0588. The van der Waals surface area contributed by atoms with Crippen LogP contribution < -0.4 is 0 Å². The largest absolute Gasteiger partial charge is 0.380 e. The minimum atomic E-state index is -0.805. The Labute approximate surface area is 123 Å². The average molecular weight is 297 g/mol. The predicted octanol–water partition coefficient (Wildman–Crippen LogP) is 2.89. The summed E-state index contributed by atoms with van der Waals surface area (Å²) in [6, 6.07) is 2.62. The van der Waals surface area contributed by atoms with Crippen LogP contribution in [0.4, 0.5) is 8.78 Å². The van der Waals surface area contributed by atoms with E-state index in [2.05, 4.69) is 6.92 Å². The van der Waals surface area contributed by atoms with E-state index in [9.17, 15) is 13.6 Å². The Morgan fingerprint density at radius 1 is 1.43 bits per heavy atom. The molecule has 116 valence electrons. The van der Waals surface area contributed by atoms with E-state index in [1.165, 1.54) is 6.07 Å². The topological polar surface area (TPSA) is 29.5 Å². The van der Waals surface area contributed by atoms with Crippen LogP contribution in [0.15, 0.2) is 18.2 Å². The molecule has 0 bridgehead atoms. The molecule has 1 aliphatic rings. The van der Waals surface area contributed by atoms with E-state index in [0.29, 0.717) is 12.5 Å². The molecule has 1 fully saturated rings. The summed E-state index contributed by atoms with van der Waals surface area (Å²) in [6.45, 7) is 5.30. The van der Waals surface area contributed by atoms with Crippen LogP contribution in [0.2, 0.25) is 0 Å². The maximum Gasteiger partial charge on any atom is 0.182 e. The average Bonchev–Trinajstić information content (AvgIpc) is 2.46. The van der Waals surface area contributed by atoms with E-state index in [-0.39, 0.29) is 17.5 Å². The van der Waals surface area contributed by atoms with Gasteiger partial charge >= 0.3 is 0 Å². The van der Waals surface area contributed by atoms with E-state index in [1.807, 2.05) is 4.90 Å². The lowest BCUT2D eigenvalue weighted by atomic mass is 9.93. The third-order valence-electron chi connectivity index (χ3n) is 4.35. The Hall–Kier alpha value is -1.33. The van der Waals surface area contributed by atoms with Gasteiger partial charge in [-0.15, -0.1) is 0 Å². The number of methoxy groups -OCH3 is 1. The zero-order valence-corrected chi connectivity index (χ0v) is 12.6. The van der Waals surface area contributed by atoms with Crippen molar-refractivity contribution in [1.29, 1.82) is 0 Å². The van der Waals surface area contributed by atoms with Crippen LogP contribution in [0.3, 0.4) is 0 Å². The van der Waals surface area contributed by atoms with Crippen LogP contribution in [0.1, 0.15) is 30.6 Å². The summed E-state index contributed by atoms with van der Waals surface area (Å²) in [5.74, 6) is -1.36. The lowest BCUT2D eigenvalue weighted by Gasteiger charge is -2.38. The maximum atomic E-state index is 13.7. The molecule has 0 radical (unpaired) electrons. The van der Waals surface area contributed by atoms with E-state index in [0.717, 1.165) is 25.1 Å². The van der Waals surface area contributed by atoms with Gasteiger partial charge in [0.25, 0.3) is 0 Å². The molecule has 3 atom stereocenters. The lowest BCUT2D eigenvalue weighted by molar-refractivity contribution is -0.0139. The first-order valence-corrected chi connectivity index (χ1v) is 7.20. The molecule has 0 amide bonds. The number of piperidine rings is 1. The highest BCUT2D eigenvalue weighted by molar-refractivity contribution is 6.00. The number of ether oxygens (including phenoxy) is 1. The second kappa shape index (κ2) is 6.62. The van der Waals surface area contributed by atoms with Gasteiger partial charge in [-0.05, 0) is 37.9 Å². The van der Waals surface area contributed by atoms with Crippen molar-refractivity contribution in [1.82, 2.24) is 4.90 Å². The zero-order chi connectivity index (χ0) is 15.6. The third kappa shape index (κ3) is 3.47. The third-order valence-corrected chi connectivity index (χ3v) is 4.35. The maximum absolute atomic E-state index is 13.7. The van der Waals surface area contributed by atoms with Gasteiger partial charge in [-0.2, -0.15) is 0 Å². The van der Waals surface area contributed by atoms with Crippen LogP contribution in [0.25, 0.3) is 0 Å². The first-order chi connectivity index (χ1) is 9.93. The monoisotopic (exact) mass is 297 g/mol. The smallest absolute Gasteiger partial charge is 0.182 e. The molecule has 0 aromatic heterocycles. The Bertz CT molecular complexity index is 521. The van der Waals surface area contributed by atoms with Crippen molar-refractivity contribution in [2.24, 2.45) is 5.92 Å². The van der Waals surface area contributed by atoms with Gasteiger partial charge in [0, 0.05) is 19.7 Å². The fourth-order valence-electron chi connectivity index (χ4n) is 2.80.